The molecule has 1 aromatic heterocycles. The summed E-state index contributed by atoms with van der Waals surface area (Å²) in [5.41, 5.74) is 1.71. The van der Waals surface area contributed by atoms with Crippen molar-refractivity contribution in [3.05, 3.63) is 81.9 Å². The predicted octanol–water partition coefficient (Wildman–Crippen LogP) is 4.30. The second-order valence-electron chi connectivity index (χ2n) is 6.74. The lowest BCUT2D eigenvalue weighted by Crippen LogP contribution is -2.31. The smallest absolute Gasteiger partial charge is 0.278 e. The second kappa shape index (κ2) is 8.61. The number of hydrogen-bond donors (Lipinski definition) is 1. The van der Waals surface area contributed by atoms with Crippen molar-refractivity contribution in [3.63, 3.8) is 0 Å². The van der Waals surface area contributed by atoms with E-state index < -0.39 is 11.8 Å². The fourth-order valence-electron chi connectivity index (χ4n) is 3.32. The van der Waals surface area contributed by atoms with E-state index in [2.05, 4.69) is 5.32 Å². The molecule has 3 aromatic rings. The maximum absolute atomic E-state index is 13.2. The first-order valence-corrected chi connectivity index (χ1v) is 10.3. The summed E-state index contributed by atoms with van der Waals surface area (Å²) in [6, 6.07) is 14.5. The van der Waals surface area contributed by atoms with E-state index in [4.69, 9.17) is 9.47 Å². The van der Waals surface area contributed by atoms with Gasteiger partial charge in [0.05, 0.1) is 26.3 Å². The molecule has 0 spiro atoms. The number of amides is 2. The Balaban J connectivity index is 1.69. The van der Waals surface area contributed by atoms with E-state index in [1.165, 1.54) is 37.7 Å². The highest BCUT2D eigenvalue weighted by atomic mass is 32.1. The Hall–Kier alpha value is -3.65. The van der Waals surface area contributed by atoms with Crippen molar-refractivity contribution < 1.29 is 23.5 Å². The maximum Gasteiger partial charge on any atom is 0.278 e. The van der Waals surface area contributed by atoms with E-state index in [1.54, 1.807) is 36.4 Å². The van der Waals surface area contributed by atoms with Crippen LogP contribution in [0.5, 0.6) is 11.5 Å². The largest absolute Gasteiger partial charge is 0.493 e. The third-order valence-corrected chi connectivity index (χ3v) is 5.73. The average molecular weight is 438 g/mol. The molecule has 0 unspecified atom stereocenters. The van der Waals surface area contributed by atoms with Gasteiger partial charge in [0, 0.05) is 16.6 Å². The topological polar surface area (TPSA) is 67.9 Å². The molecule has 0 aliphatic carbocycles. The molecule has 0 saturated heterocycles. The van der Waals surface area contributed by atoms with Crippen molar-refractivity contribution in [3.8, 4) is 11.5 Å². The zero-order chi connectivity index (χ0) is 22.0. The fraction of sp³-hybridized carbons (Fsp3) is 0.130. The Morgan fingerprint density at radius 3 is 2.35 bits per heavy atom. The Morgan fingerprint density at radius 1 is 0.968 bits per heavy atom. The number of imide groups is 1. The van der Waals surface area contributed by atoms with Crippen LogP contribution in [0.4, 0.5) is 10.1 Å². The number of carbonyl (C=O) groups is 2. The molecule has 1 N–H and O–H groups in total. The van der Waals surface area contributed by atoms with Gasteiger partial charge in [-0.3, -0.25) is 14.5 Å². The summed E-state index contributed by atoms with van der Waals surface area (Å²) in [6.07, 6.45) is 0. The molecule has 6 nitrogen and oxygen atoms in total. The summed E-state index contributed by atoms with van der Waals surface area (Å²) in [4.78, 5) is 28.3. The third-order valence-electron chi connectivity index (χ3n) is 4.84. The number of nitrogens with one attached hydrogen (secondary N) is 1. The number of methoxy groups -OCH3 is 2. The molecular weight excluding hydrogens is 419 g/mol. The molecule has 2 heterocycles. The van der Waals surface area contributed by atoms with E-state index in [1.807, 2.05) is 11.4 Å². The lowest BCUT2D eigenvalue weighted by molar-refractivity contribution is -0.137. The van der Waals surface area contributed by atoms with Crippen LogP contribution in [0.15, 0.2) is 65.7 Å². The molecule has 2 aromatic carbocycles. The molecule has 4 rings (SSSR count). The summed E-state index contributed by atoms with van der Waals surface area (Å²) in [6.45, 7) is 0.0456. The molecule has 1 aliphatic rings. The van der Waals surface area contributed by atoms with Crippen LogP contribution in [-0.2, 0) is 16.1 Å². The van der Waals surface area contributed by atoms with E-state index in [-0.39, 0.29) is 18.1 Å². The van der Waals surface area contributed by atoms with Crippen LogP contribution >= 0.6 is 11.3 Å². The Kier molecular flexibility index (Phi) is 5.73. The predicted molar refractivity (Wildman–Crippen MR) is 116 cm³/mol. The van der Waals surface area contributed by atoms with Crippen LogP contribution in [0.25, 0.3) is 5.57 Å². The van der Waals surface area contributed by atoms with Crippen molar-refractivity contribution in [2.24, 2.45) is 0 Å². The van der Waals surface area contributed by atoms with Crippen molar-refractivity contribution >= 4 is 34.4 Å². The van der Waals surface area contributed by atoms with Gasteiger partial charge in [-0.25, -0.2) is 4.39 Å². The number of ether oxygens (including phenoxy) is 2. The number of hydrogen-bond acceptors (Lipinski definition) is 6. The molecule has 0 fully saturated rings. The van der Waals surface area contributed by atoms with E-state index >= 15 is 0 Å². The van der Waals surface area contributed by atoms with Crippen LogP contribution in [0.3, 0.4) is 0 Å². The van der Waals surface area contributed by atoms with Gasteiger partial charge < -0.3 is 14.8 Å². The zero-order valence-electron chi connectivity index (χ0n) is 16.8. The van der Waals surface area contributed by atoms with E-state index in [0.29, 0.717) is 33.2 Å². The Bertz CT molecular complexity index is 1160. The summed E-state index contributed by atoms with van der Waals surface area (Å²) in [7, 11) is 3.06. The molecule has 0 bridgehead atoms. The molecule has 0 radical (unpaired) electrons. The van der Waals surface area contributed by atoms with Gasteiger partial charge in [-0.15, -0.1) is 11.3 Å². The van der Waals surface area contributed by atoms with Crippen LogP contribution in [0, 0.1) is 5.82 Å². The summed E-state index contributed by atoms with van der Waals surface area (Å²) < 4.78 is 23.8. The van der Waals surface area contributed by atoms with E-state index in [0.717, 1.165) is 4.90 Å². The molecule has 0 atom stereocenters. The lowest BCUT2D eigenvalue weighted by atomic mass is 10.1. The number of halogens is 1. The number of anilines is 1. The van der Waals surface area contributed by atoms with Gasteiger partial charge in [-0.2, -0.15) is 0 Å². The van der Waals surface area contributed by atoms with Crippen LogP contribution in [-0.4, -0.2) is 30.9 Å². The molecule has 1 aliphatic heterocycles. The Morgan fingerprint density at radius 2 is 1.71 bits per heavy atom. The highest BCUT2D eigenvalue weighted by Crippen LogP contribution is 2.35. The van der Waals surface area contributed by atoms with Gasteiger partial charge >= 0.3 is 0 Å². The van der Waals surface area contributed by atoms with Gasteiger partial charge in [0.15, 0.2) is 11.5 Å². The highest BCUT2D eigenvalue weighted by molar-refractivity contribution is 7.11. The number of rotatable bonds is 7. The minimum absolute atomic E-state index is 0.0456. The molecular formula is C23H19FN2O4S. The van der Waals surface area contributed by atoms with Gasteiger partial charge in [0.2, 0.25) is 0 Å². The zero-order valence-corrected chi connectivity index (χ0v) is 17.7. The fourth-order valence-corrected chi connectivity index (χ4v) is 4.08. The molecule has 2 amide bonds. The standard InChI is InChI=1S/C23H19FN2O4S/c1-29-17-10-9-16(12-18(17)30-2)25-21-20(19-4-3-11-31-19)22(27)26(23(21)28)13-14-5-7-15(24)8-6-14/h3-12,25H,13H2,1-2H3. The third kappa shape index (κ3) is 4.02. The number of carbonyl (C=O) groups excluding carboxylic acids is 2. The monoisotopic (exact) mass is 438 g/mol. The minimum atomic E-state index is -0.451. The van der Waals surface area contributed by atoms with Gasteiger partial charge in [-0.05, 0) is 41.3 Å². The van der Waals surface area contributed by atoms with E-state index in [9.17, 15) is 14.0 Å². The first-order valence-electron chi connectivity index (χ1n) is 9.39. The van der Waals surface area contributed by atoms with Gasteiger partial charge in [0.1, 0.15) is 11.5 Å². The number of benzene rings is 2. The minimum Gasteiger partial charge on any atom is -0.493 e. The van der Waals surface area contributed by atoms with Crippen LogP contribution in [0.2, 0.25) is 0 Å². The quantitative estimate of drug-likeness (QED) is 0.557. The first kappa shape index (κ1) is 20.6. The second-order valence-corrected chi connectivity index (χ2v) is 7.69. The van der Waals surface area contributed by atoms with Crippen LogP contribution < -0.4 is 14.8 Å². The highest BCUT2D eigenvalue weighted by Gasteiger charge is 2.39. The summed E-state index contributed by atoms with van der Waals surface area (Å²) >= 11 is 1.37. The van der Waals surface area contributed by atoms with Crippen molar-refractivity contribution in [2.45, 2.75) is 6.54 Å². The normalized spacial score (nSPS) is 13.7. The molecule has 158 valence electrons. The van der Waals surface area contributed by atoms with Crippen molar-refractivity contribution in [1.82, 2.24) is 4.90 Å². The molecule has 8 heteroatoms. The SMILES string of the molecule is COc1ccc(NC2=C(c3cccs3)C(=O)N(Cc3ccc(F)cc3)C2=O)cc1OC. The molecule has 31 heavy (non-hydrogen) atoms. The Labute approximate surface area is 182 Å². The average Bonchev–Trinajstić information content (AvgIpc) is 3.38. The summed E-state index contributed by atoms with van der Waals surface area (Å²) in [5.74, 6) is -0.193. The lowest BCUT2D eigenvalue weighted by Gasteiger charge is -2.16. The maximum atomic E-state index is 13.2. The van der Waals surface area contributed by atoms with Crippen LogP contribution in [0.1, 0.15) is 10.4 Å². The van der Waals surface area contributed by atoms with Crippen molar-refractivity contribution in [1.29, 1.82) is 0 Å². The summed E-state index contributed by atoms with van der Waals surface area (Å²) in [5, 5.41) is 4.93. The number of thiophene rings is 1. The number of nitrogens with zero attached hydrogens (tertiary/aromatic N) is 1. The molecule has 0 saturated carbocycles. The van der Waals surface area contributed by atoms with Gasteiger partial charge in [0.25, 0.3) is 11.8 Å². The van der Waals surface area contributed by atoms with Gasteiger partial charge in [-0.1, -0.05) is 18.2 Å². The first-order chi connectivity index (χ1) is 15.0. The van der Waals surface area contributed by atoms with Crippen molar-refractivity contribution in [2.75, 3.05) is 19.5 Å².